The zero-order chi connectivity index (χ0) is 25.0. The van der Waals surface area contributed by atoms with E-state index in [-0.39, 0.29) is 6.23 Å². The Morgan fingerprint density at radius 1 is 0.917 bits per heavy atom. The summed E-state index contributed by atoms with van der Waals surface area (Å²) in [6, 6.07) is 22.7. The number of aromatic nitrogens is 1. The minimum atomic E-state index is -3.49. The average Bonchev–Trinajstić information content (AvgIpc) is 3.26. The van der Waals surface area contributed by atoms with Gasteiger partial charge in [0.2, 0.25) is 0 Å². The van der Waals surface area contributed by atoms with E-state index in [1.54, 1.807) is 13.2 Å². The molecule has 3 aromatic rings. The molecular formula is C29H37N3O3S. The molecule has 2 aliphatic rings. The van der Waals surface area contributed by atoms with Crippen LogP contribution in [0.4, 0.5) is 0 Å². The van der Waals surface area contributed by atoms with Gasteiger partial charge >= 0.3 is 0 Å². The van der Waals surface area contributed by atoms with Crippen molar-refractivity contribution < 1.29 is 13.2 Å². The summed E-state index contributed by atoms with van der Waals surface area (Å²) in [6.45, 7) is 2.29. The summed E-state index contributed by atoms with van der Waals surface area (Å²) in [6.07, 6.45) is 6.09. The van der Waals surface area contributed by atoms with Crippen LogP contribution in [-0.2, 0) is 21.1 Å². The first kappa shape index (κ1) is 25.2. The first-order valence-corrected chi connectivity index (χ1v) is 14.7. The van der Waals surface area contributed by atoms with Crippen molar-refractivity contribution in [2.75, 3.05) is 20.2 Å². The quantitative estimate of drug-likeness (QED) is 0.454. The lowest BCUT2D eigenvalue weighted by Crippen LogP contribution is -2.45. The van der Waals surface area contributed by atoms with Gasteiger partial charge in [-0.05, 0) is 56.0 Å². The van der Waals surface area contributed by atoms with Crippen LogP contribution in [0, 0.1) is 0 Å². The zero-order valence-electron chi connectivity index (χ0n) is 21.0. The lowest BCUT2D eigenvalue weighted by Gasteiger charge is -2.30. The maximum absolute atomic E-state index is 13.6. The molecule has 0 saturated carbocycles. The maximum atomic E-state index is 13.6. The number of ether oxygens (including phenoxy) is 1. The first-order chi connectivity index (χ1) is 17.6. The fraction of sp³-hybridized carbons (Fsp3) is 0.448. The zero-order valence-corrected chi connectivity index (χ0v) is 21.8. The predicted molar refractivity (Wildman–Crippen MR) is 143 cm³/mol. The van der Waals surface area contributed by atoms with Crippen molar-refractivity contribution in [1.82, 2.24) is 15.2 Å². The van der Waals surface area contributed by atoms with E-state index in [4.69, 9.17) is 4.74 Å². The van der Waals surface area contributed by atoms with Crippen LogP contribution in [0.25, 0.3) is 11.3 Å². The topological polar surface area (TPSA) is 74.4 Å². The molecule has 36 heavy (non-hydrogen) atoms. The molecule has 1 aromatic heterocycles. The Labute approximate surface area is 215 Å². The lowest BCUT2D eigenvalue weighted by atomic mass is 10.0. The highest BCUT2D eigenvalue weighted by molar-refractivity contribution is 7.92. The number of sulfone groups is 1. The third kappa shape index (κ3) is 5.44. The second kappa shape index (κ2) is 11.3. The van der Waals surface area contributed by atoms with Crippen LogP contribution in [0.5, 0.6) is 0 Å². The molecule has 0 bridgehead atoms. The first-order valence-electron chi connectivity index (χ1n) is 13.1. The second-order valence-corrected chi connectivity index (χ2v) is 12.2. The molecule has 2 aliphatic heterocycles. The van der Waals surface area contributed by atoms with Crippen LogP contribution >= 0.6 is 0 Å². The summed E-state index contributed by atoms with van der Waals surface area (Å²) in [7, 11) is -1.84. The number of methoxy groups -OCH3 is 1. The minimum Gasteiger partial charge on any atom is -0.367 e. The van der Waals surface area contributed by atoms with Crippen molar-refractivity contribution in [3.05, 3.63) is 78.0 Å². The Morgan fingerprint density at radius 2 is 1.72 bits per heavy atom. The monoisotopic (exact) mass is 507 g/mol. The van der Waals surface area contributed by atoms with E-state index >= 15 is 0 Å². The van der Waals surface area contributed by atoms with Gasteiger partial charge in [-0.2, -0.15) is 0 Å². The van der Waals surface area contributed by atoms with Gasteiger partial charge in [0, 0.05) is 43.2 Å². The standard InChI is InChI=1S/C29H37N3O3S/c1-35-29-18-16-24(20-30-29)36(33,34)28-14-8-7-12-25(28)26-17-15-23(31-26)21-32-19-9-3-6-13-27(32)22-10-4-2-5-11-22/h2,4-5,7-8,10-12,14-15,17,24,27,29-31H,3,6,9,13,16,18-21H2,1H3/t24-,27+,29-/m0/s1. The van der Waals surface area contributed by atoms with Gasteiger partial charge in [-0.15, -0.1) is 0 Å². The molecule has 3 atom stereocenters. The van der Waals surface area contributed by atoms with E-state index in [0.717, 1.165) is 36.5 Å². The van der Waals surface area contributed by atoms with Crippen molar-refractivity contribution in [2.24, 2.45) is 0 Å². The third-order valence-electron chi connectivity index (χ3n) is 7.70. The van der Waals surface area contributed by atoms with Gasteiger partial charge in [-0.3, -0.25) is 10.2 Å². The molecule has 2 N–H and O–H groups in total. The summed E-state index contributed by atoms with van der Waals surface area (Å²) < 4.78 is 32.6. The molecule has 3 heterocycles. The predicted octanol–water partition coefficient (Wildman–Crippen LogP) is 5.30. The summed E-state index contributed by atoms with van der Waals surface area (Å²) in [4.78, 5) is 6.53. The Bertz CT molecular complexity index is 1230. The molecule has 0 aliphatic carbocycles. The molecule has 0 radical (unpaired) electrons. The van der Waals surface area contributed by atoms with Gasteiger partial charge in [0.25, 0.3) is 0 Å². The number of benzene rings is 2. The minimum absolute atomic E-state index is 0.0728. The number of likely N-dealkylation sites (tertiary alicyclic amines) is 1. The van der Waals surface area contributed by atoms with Gasteiger partial charge in [0.05, 0.1) is 10.1 Å². The van der Waals surface area contributed by atoms with Crippen molar-refractivity contribution in [2.45, 2.75) is 67.5 Å². The molecule has 5 rings (SSSR count). The summed E-state index contributed by atoms with van der Waals surface area (Å²) >= 11 is 0. The van der Waals surface area contributed by atoms with E-state index in [2.05, 4.69) is 51.6 Å². The van der Waals surface area contributed by atoms with Crippen LogP contribution < -0.4 is 5.32 Å². The van der Waals surface area contributed by atoms with Gasteiger partial charge < -0.3 is 9.72 Å². The molecule has 0 amide bonds. The smallest absolute Gasteiger partial charge is 0.183 e. The summed E-state index contributed by atoms with van der Waals surface area (Å²) in [5, 5.41) is 2.76. The van der Waals surface area contributed by atoms with E-state index < -0.39 is 15.1 Å². The largest absolute Gasteiger partial charge is 0.367 e. The molecule has 7 heteroatoms. The Kier molecular flexibility index (Phi) is 7.91. The Balaban J connectivity index is 1.38. The number of piperidine rings is 1. The maximum Gasteiger partial charge on any atom is 0.183 e. The molecule has 2 aromatic carbocycles. The number of hydrogen-bond donors (Lipinski definition) is 2. The van der Waals surface area contributed by atoms with E-state index in [9.17, 15) is 8.42 Å². The summed E-state index contributed by atoms with van der Waals surface area (Å²) in [5.41, 5.74) is 4.09. The highest BCUT2D eigenvalue weighted by atomic mass is 32.2. The number of nitrogens with zero attached hydrogens (tertiary/aromatic N) is 1. The van der Waals surface area contributed by atoms with E-state index in [0.29, 0.717) is 30.3 Å². The number of hydrogen-bond acceptors (Lipinski definition) is 5. The van der Waals surface area contributed by atoms with Crippen LogP contribution in [0.3, 0.4) is 0 Å². The van der Waals surface area contributed by atoms with Crippen molar-refractivity contribution in [3.63, 3.8) is 0 Å². The molecule has 0 unspecified atom stereocenters. The van der Waals surface area contributed by atoms with Crippen molar-refractivity contribution in [1.29, 1.82) is 0 Å². The van der Waals surface area contributed by atoms with Gasteiger partial charge in [-0.1, -0.05) is 61.4 Å². The molecule has 192 valence electrons. The highest BCUT2D eigenvalue weighted by Gasteiger charge is 2.33. The third-order valence-corrected chi connectivity index (χ3v) is 9.95. The molecule has 2 saturated heterocycles. The lowest BCUT2D eigenvalue weighted by molar-refractivity contribution is 0.0532. The molecule has 0 spiro atoms. The average molecular weight is 508 g/mol. The van der Waals surface area contributed by atoms with E-state index in [1.807, 2.05) is 24.3 Å². The molecular weight excluding hydrogens is 470 g/mol. The SMILES string of the molecule is CO[C@H]1CC[C@H](S(=O)(=O)c2ccccc2-c2ccc(CN3CCCCC[C@@H]3c3ccccc3)[nH]2)CN1. The normalized spacial score (nSPS) is 23.9. The Morgan fingerprint density at radius 3 is 2.50 bits per heavy atom. The molecule has 2 fully saturated rings. The van der Waals surface area contributed by atoms with Crippen molar-refractivity contribution >= 4 is 9.84 Å². The second-order valence-electron chi connectivity index (χ2n) is 10.0. The number of aromatic amines is 1. The van der Waals surface area contributed by atoms with Gasteiger partial charge in [-0.25, -0.2) is 8.42 Å². The fourth-order valence-corrected chi connectivity index (χ4v) is 7.58. The van der Waals surface area contributed by atoms with Crippen LogP contribution in [-0.4, -0.2) is 50.0 Å². The van der Waals surface area contributed by atoms with Gasteiger partial charge in [0.15, 0.2) is 9.84 Å². The van der Waals surface area contributed by atoms with Crippen LogP contribution in [0.1, 0.15) is 55.8 Å². The van der Waals surface area contributed by atoms with Crippen molar-refractivity contribution in [3.8, 4) is 11.3 Å². The Hall–Kier alpha value is -2.45. The van der Waals surface area contributed by atoms with Crippen LogP contribution in [0.2, 0.25) is 0 Å². The van der Waals surface area contributed by atoms with Crippen LogP contribution in [0.15, 0.2) is 71.6 Å². The number of H-pyrrole nitrogens is 1. The fourth-order valence-electron chi connectivity index (χ4n) is 5.71. The summed E-state index contributed by atoms with van der Waals surface area (Å²) in [5.74, 6) is 0. The van der Waals surface area contributed by atoms with E-state index in [1.165, 1.54) is 24.8 Å². The van der Waals surface area contributed by atoms with Gasteiger partial charge in [0.1, 0.15) is 6.23 Å². The highest BCUT2D eigenvalue weighted by Crippen LogP contribution is 2.34. The molecule has 6 nitrogen and oxygen atoms in total. The number of nitrogens with one attached hydrogen (secondary N) is 2. The number of rotatable bonds is 7.